The standard InChI is InChI=1S/C25H22N2O4S2/c1-31-18-12-10-17(11-13-18)27-23(28)21-19-4-2-3-5-20(19)33-22(21)26-25(27)32-14-15-6-8-16(9-7-15)24(29)30/h6-13H,2-5,14H2,1H3,(H,29,30)/p-1. The number of methoxy groups -OCH3 is 1. The average molecular weight is 478 g/mol. The minimum absolute atomic E-state index is 0.0423. The normalized spacial score (nSPS) is 13.1. The van der Waals surface area contributed by atoms with Gasteiger partial charge in [0.1, 0.15) is 10.6 Å². The fourth-order valence-corrected chi connectivity index (χ4v) is 6.40. The van der Waals surface area contributed by atoms with Gasteiger partial charge in [-0.1, -0.05) is 36.0 Å². The number of carbonyl (C=O) groups is 1. The number of aromatic nitrogens is 2. The van der Waals surface area contributed by atoms with Crippen molar-refractivity contribution in [2.45, 2.75) is 36.6 Å². The van der Waals surface area contributed by atoms with E-state index in [9.17, 15) is 14.7 Å². The number of nitrogens with zero attached hydrogens (tertiary/aromatic N) is 2. The first-order valence-electron chi connectivity index (χ1n) is 10.7. The molecule has 0 radical (unpaired) electrons. The van der Waals surface area contributed by atoms with Gasteiger partial charge in [-0.05, 0) is 66.6 Å². The van der Waals surface area contributed by atoms with E-state index in [1.165, 1.54) is 28.8 Å². The Morgan fingerprint density at radius 2 is 1.85 bits per heavy atom. The Morgan fingerprint density at radius 1 is 1.12 bits per heavy atom. The van der Waals surface area contributed by atoms with Crippen LogP contribution in [0.4, 0.5) is 0 Å². The maximum absolute atomic E-state index is 13.8. The van der Waals surface area contributed by atoms with E-state index in [0.29, 0.717) is 10.9 Å². The van der Waals surface area contributed by atoms with E-state index in [0.717, 1.165) is 58.5 Å². The van der Waals surface area contributed by atoms with E-state index < -0.39 is 5.97 Å². The quantitative estimate of drug-likeness (QED) is 0.308. The Bertz CT molecular complexity index is 1390. The molecule has 2 aromatic carbocycles. The molecule has 4 aromatic rings. The first-order valence-corrected chi connectivity index (χ1v) is 12.5. The van der Waals surface area contributed by atoms with Gasteiger partial charge >= 0.3 is 0 Å². The Kier molecular flexibility index (Phi) is 5.95. The van der Waals surface area contributed by atoms with E-state index in [1.807, 2.05) is 24.3 Å². The molecule has 0 saturated heterocycles. The second-order valence-electron chi connectivity index (χ2n) is 7.90. The molecule has 2 heterocycles. The van der Waals surface area contributed by atoms with Crippen LogP contribution in [0.3, 0.4) is 0 Å². The highest BCUT2D eigenvalue weighted by Crippen LogP contribution is 2.35. The van der Waals surface area contributed by atoms with Gasteiger partial charge in [0.15, 0.2) is 5.16 Å². The van der Waals surface area contributed by atoms with Crippen molar-refractivity contribution in [3.63, 3.8) is 0 Å². The number of aryl methyl sites for hydroxylation is 2. The highest BCUT2D eigenvalue weighted by molar-refractivity contribution is 7.98. The van der Waals surface area contributed by atoms with Crippen LogP contribution in [-0.2, 0) is 18.6 Å². The molecule has 0 aliphatic heterocycles. The molecule has 6 nitrogen and oxygen atoms in total. The molecule has 1 aliphatic rings. The highest BCUT2D eigenvalue weighted by Gasteiger charge is 2.23. The number of thioether (sulfide) groups is 1. The summed E-state index contributed by atoms with van der Waals surface area (Å²) in [5.74, 6) is 0.0688. The lowest BCUT2D eigenvalue weighted by Gasteiger charge is -2.14. The molecule has 8 heteroatoms. The molecule has 0 saturated carbocycles. The molecule has 0 spiro atoms. The van der Waals surface area contributed by atoms with E-state index >= 15 is 0 Å². The zero-order valence-corrected chi connectivity index (χ0v) is 19.6. The van der Waals surface area contributed by atoms with Crippen molar-refractivity contribution in [1.82, 2.24) is 9.55 Å². The predicted molar refractivity (Wildman–Crippen MR) is 129 cm³/mol. The number of thiophene rings is 1. The van der Waals surface area contributed by atoms with Gasteiger partial charge in [-0.3, -0.25) is 9.36 Å². The summed E-state index contributed by atoms with van der Waals surface area (Å²) in [5.41, 5.74) is 2.93. The molecule has 0 N–H and O–H groups in total. The van der Waals surface area contributed by atoms with Crippen LogP contribution in [0.15, 0.2) is 58.5 Å². The van der Waals surface area contributed by atoms with Gasteiger partial charge in [0.05, 0.1) is 24.2 Å². The van der Waals surface area contributed by atoms with Gasteiger partial charge in [-0.2, -0.15) is 0 Å². The Morgan fingerprint density at radius 3 is 2.55 bits per heavy atom. The largest absolute Gasteiger partial charge is 0.545 e. The topological polar surface area (TPSA) is 84.2 Å². The summed E-state index contributed by atoms with van der Waals surface area (Å²) in [7, 11) is 1.61. The Hall–Kier alpha value is -3.10. The lowest BCUT2D eigenvalue weighted by Crippen LogP contribution is -2.22. The molecule has 0 fully saturated rings. The van der Waals surface area contributed by atoms with E-state index in [2.05, 4.69) is 0 Å². The summed E-state index contributed by atoms with van der Waals surface area (Å²) in [6.07, 6.45) is 4.17. The SMILES string of the molecule is COc1ccc(-n2c(SCc3ccc(C(=O)[O-])cc3)nc3sc4c(c3c2=O)CCCC4)cc1. The van der Waals surface area contributed by atoms with Crippen molar-refractivity contribution in [1.29, 1.82) is 0 Å². The molecule has 5 rings (SSSR count). The number of carboxylic acid groups (broad SMARTS) is 1. The van der Waals surface area contributed by atoms with E-state index in [-0.39, 0.29) is 11.1 Å². The molecule has 2 aromatic heterocycles. The van der Waals surface area contributed by atoms with Crippen molar-refractivity contribution in [2.24, 2.45) is 0 Å². The molecule has 168 valence electrons. The number of carboxylic acids is 1. The maximum atomic E-state index is 13.8. The van der Waals surface area contributed by atoms with Crippen molar-refractivity contribution < 1.29 is 14.6 Å². The summed E-state index contributed by atoms with van der Waals surface area (Å²) < 4.78 is 6.96. The van der Waals surface area contributed by atoms with Crippen LogP contribution < -0.4 is 15.4 Å². The number of ether oxygens (including phenoxy) is 1. The molecular weight excluding hydrogens is 456 g/mol. The molecule has 0 amide bonds. The summed E-state index contributed by atoms with van der Waals surface area (Å²) in [6, 6.07) is 14.0. The fraction of sp³-hybridized carbons (Fsp3) is 0.240. The van der Waals surface area contributed by atoms with Crippen LogP contribution in [0.25, 0.3) is 15.9 Å². The number of benzene rings is 2. The Labute approximate surface area is 198 Å². The number of hydrogen-bond acceptors (Lipinski definition) is 7. The molecule has 0 bridgehead atoms. The number of rotatable bonds is 6. The van der Waals surface area contributed by atoms with Crippen molar-refractivity contribution in [3.05, 3.63) is 80.5 Å². The second kappa shape index (κ2) is 9.03. The van der Waals surface area contributed by atoms with Crippen LogP contribution >= 0.6 is 23.1 Å². The Balaban J connectivity index is 1.59. The lowest BCUT2D eigenvalue weighted by molar-refractivity contribution is -0.255. The summed E-state index contributed by atoms with van der Waals surface area (Å²) in [4.78, 5) is 31.8. The molecule has 1 aliphatic carbocycles. The number of fused-ring (bicyclic) bond motifs is 3. The van der Waals surface area contributed by atoms with E-state index in [1.54, 1.807) is 35.1 Å². The van der Waals surface area contributed by atoms with E-state index in [4.69, 9.17) is 9.72 Å². The van der Waals surface area contributed by atoms with Gasteiger partial charge < -0.3 is 14.6 Å². The third-order valence-corrected chi connectivity index (χ3v) is 8.04. The highest BCUT2D eigenvalue weighted by atomic mass is 32.2. The third kappa shape index (κ3) is 4.16. The predicted octanol–water partition coefficient (Wildman–Crippen LogP) is 3.99. The number of hydrogen-bond donors (Lipinski definition) is 0. The zero-order valence-electron chi connectivity index (χ0n) is 18.0. The van der Waals surface area contributed by atoms with Crippen molar-refractivity contribution in [3.8, 4) is 11.4 Å². The van der Waals surface area contributed by atoms with Gasteiger partial charge in [-0.15, -0.1) is 11.3 Å². The zero-order chi connectivity index (χ0) is 22.9. The maximum Gasteiger partial charge on any atom is 0.267 e. The van der Waals surface area contributed by atoms with Gasteiger partial charge in [-0.25, -0.2) is 4.98 Å². The van der Waals surface area contributed by atoms with Crippen LogP contribution in [0.2, 0.25) is 0 Å². The second-order valence-corrected chi connectivity index (χ2v) is 9.92. The van der Waals surface area contributed by atoms with Gasteiger partial charge in [0.2, 0.25) is 0 Å². The van der Waals surface area contributed by atoms with Crippen molar-refractivity contribution >= 4 is 39.3 Å². The first-order chi connectivity index (χ1) is 16.0. The minimum atomic E-state index is -1.20. The third-order valence-electron chi connectivity index (χ3n) is 5.85. The van der Waals surface area contributed by atoms with Crippen molar-refractivity contribution in [2.75, 3.05) is 7.11 Å². The van der Waals surface area contributed by atoms with Crippen LogP contribution in [-0.4, -0.2) is 22.6 Å². The smallest absolute Gasteiger partial charge is 0.267 e. The lowest BCUT2D eigenvalue weighted by atomic mass is 9.97. The number of aromatic carboxylic acids is 1. The van der Waals surface area contributed by atoms with Gasteiger partial charge in [0.25, 0.3) is 5.56 Å². The van der Waals surface area contributed by atoms with Crippen LogP contribution in [0.1, 0.15) is 39.2 Å². The summed E-state index contributed by atoms with van der Waals surface area (Å²) >= 11 is 3.09. The molecular formula is C25H21N2O4S2-. The molecule has 33 heavy (non-hydrogen) atoms. The monoisotopic (exact) mass is 477 g/mol. The van der Waals surface area contributed by atoms with Gasteiger partial charge in [0, 0.05) is 10.6 Å². The molecule has 0 unspecified atom stereocenters. The summed E-state index contributed by atoms with van der Waals surface area (Å²) in [6.45, 7) is 0. The summed E-state index contributed by atoms with van der Waals surface area (Å²) in [5, 5.41) is 12.4. The van der Waals surface area contributed by atoms with Crippen LogP contribution in [0.5, 0.6) is 5.75 Å². The average Bonchev–Trinajstić information content (AvgIpc) is 3.22. The first kappa shape index (κ1) is 21.7. The molecule has 0 atom stereocenters. The minimum Gasteiger partial charge on any atom is -0.545 e. The number of carbonyl (C=O) groups excluding carboxylic acids is 1. The fourth-order valence-electron chi connectivity index (χ4n) is 4.13. The van der Waals surface area contributed by atoms with Crippen LogP contribution in [0, 0.1) is 0 Å².